The van der Waals surface area contributed by atoms with E-state index in [4.69, 9.17) is 9.84 Å². The van der Waals surface area contributed by atoms with Gasteiger partial charge >= 0.3 is 0 Å². The predicted molar refractivity (Wildman–Crippen MR) is 52.7 cm³/mol. The van der Waals surface area contributed by atoms with Crippen LogP contribution in [0.15, 0.2) is 0 Å². The second-order valence-corrected chi connectivity index (χ2v) is 4.00. The number of aliphatic hydroxyl groups is 1. The SMILES string of the molecule is CC(CO)CNCC1CCOCC1. The fourth-order valence-corrected chi connectivity index (χ4v) is 1.55. The monoisotopic (exact) mass is 187 g/mol. The Morgan fingerprint density at radius 2 is 2.15 bits per heavy atom. The number of hydrogen-bond acceptors (Lipinski definition) is 3. The van der Waals surface area contributed by atoms with Crippen molar-refractivity contribution >= 4 is 0 Å². The molecule has 13 heavy (non-hydrogen) atoms. The normalized spacial score (nSPS) is 21.7. The third-order valence-corrected chi connectivity index (χ3v) is 2.58. The topological polar surface area (TPSA) is 41.5 Å². The van der Waals surface area contributed by atoms with Crippen molar-refractivity contribution in [3.63, 3.8) is 0 Å². The summed E-state index contributed by atoms with van der Waals surface area (Å²) in [5.74, 6) is 1.15. The first-order valence-corrected chi connectivity index (χ1v) is 5.22. The minimum Gasteiger partial charge on any atom is -0.396 e. The molecule has 0 aromatic rings. The van der Waals surface area contributed by atoms with Crippen molar-refractivity contribution < 1.29 is 9.84 Å². The van der Waals surface area contributed by atoms with E-state index in [2.05, 4.69) is 12.2 Å². The first-order chi connectivity index (χ1) is 6.33. The van der Waals surface area contributed by atoms with Crippen molar-refractivity contribution in [2.45, 2.75) is 19.8 Å². The summed E-state index contributed by atoms with van der Waals surface area (Å²) >= 11 is 0. The zero-order chi connectivity index (χ0) is 9.52. The van der Waals surface area contributed by atoms with E-state index in [0.717, 1.165) is 32.2 Å². The van der Waals surface area contributed by atoms with Gasteiger partial charge in [0, 0.05) is 19.8 Å². The van der Waals surface area contributed by atoms with Gasteiger partial charge in [-0.25, -0.2) is 0 Å². The van der Waals surface area contributed by atoms with Crippen molar-refractivity contribution in [3.8, 4) is 0 Å². The van der Waals surface area contributed by atoms with Gasteiger partial charge in [-0.05, 0) is 37.8 Å². The third-order valence-electron chi connectivity index (χ3n) is 2.58. The Balaban J connectivity index is 1.98. The largest absolute Gasteiger partial charge is 0.396 e. The summed E-state index contributed by atoms with van der Waals surface area (Å²) in [6.07, 6.45) is 2.36. The van der Waals surface area contributed by atoms with Crippen LogP contribution in [-0.2, 0) is 4.74 Å². The van der Waals surface area contributed by atoms with Gasteiger partial charge in [0.15, 0.2) is 0 Å². The van der Waals surface area contributed by atoms with Crippen molar-refractivity contribution in [1.82, 2.24) is 5.32 Å². The summed E-state index contributed by atoms with van der Waals surface area (Å²) in [6.45, 7) is 6.17. The molecule has 78 valence electrons. The zero-order valence-corrected chi connectivity index (χ0v) is 8.46. The summed E-state index contributed by atoms with van der Waals surface area (Å²) in [5, 5.41) is 12.2. The molecule has 1 saturated heterocycles. The summed E-state index contributed by atoms with van der Waals surface area (Å²) in [6, 6.07) is 0. The molecule has 1 heterocycles. The van der Waals surface area contributed by atoms with E-state index in [9.17, 15) is 0 Å². The minimum atomic E-state index is 0.279. The highest BCUT2D eigenvalue weighted by Gasteiger charge is 2.13. The van der Waals surface area contributed by atoms with E-state index in [1.807, 2.05) is 0 Å². The van der Waals surface area contributed by atoms with Gasteiger partial charge in [0.25, 0.3) is 0 Å². The zero-order valence-electron chi connectivity index (χ0n) is 8.46. The molecule has 2 N–H and O–H groups in total. The predicted octanol–water partition coefficient (Wildman–Crippen LogP) is 0.631. The summed E-state index contributed by atoms with van der Waals surface area (Å²) in [7, 11) is 0. The molecule has 0 aromatic carbocycles. The average molecular weight is 187 g/mol. The number of hydrogen-bond donors (Lipinski definition) is 2. The molecule has 0 radical (unpaired) electrons. The van der Waals surface area contributed by atoms with Crippen LogP contribution in [0, 0.1) is 11.8 Å². The lowest BCUT2D eigenvalue weighted by atomic mass is 10.0. The maximum atomic E-state index is 8.81. The van der Waals surface area contributed by atoms with Gasteiger partial charge in [0.2, 0.25) is 0 Å². The second-order valence-electron chi connectivity index (χ2n) is 4.00. The van der Waals surface area contributed by atoms with Crippen LogP contribution in [0.1, 0.15) is 19.8 Å². The lowest BCUT2D eigenvalue weighted by Crippen LogP contribution is -2.31. The van der Waals surface area contributed by atoms with Crippen LogP contribution >= 0.6 is 0 Å². The molecule has 3 heteroatoms. The lowest BCUT2D eigenvalue weighted by Gasteiger charge is -2.22. The third kappa shape index (κ3) is 4.60. The number of nitrogens with one attached hydrogen (secondary N) is 1. The fraction of sp³-hybridized carbons (Fsp3) is 1.00. The molecular formula is C10H21NO2. The smallest absolute Gasteiger partial charge is 0.0469 e. The van der Waals surface area contributed by atoms with E-state index in [1.165, 1.54) is 12.8 Å². The van der Waals surface area contributed by atoms with Gasteiger partial charge < -0.3 is 15.2 Å². The molecule has 1 fully saturated rings. The van der Waals surface area contributed by atoms with Crippen molar-refractivity contribution in [3.05, 3.63) is 0 Å². The molecule has 3 nitrogen and oxygen atoms in total. The second kappa shape index (κ2) is 6.35. The maximum absolute atomic E-state index is 8.81. The van der Waals surface area contributed by atoms with E-state index >= 15 is 0 Å². The van der Waals surface area contributed by atoms with Crippen molar-refractivity contribution in [2.24, 2.45) is 11.8 Å². The highest BCUT2D eigenvalue weighted by atomic mass is 16.5. The molecule has 1 rings (SSSR count). The summed E-state index contributed by atoms with van der Waals surface area (Å²) < 4.78 is 5.28. The van der Waals surface area contributed by atoms with Crippen LogP contribution in [0.25, 0.3) is 0 Å². The highest BCUT2D eigenvalue weighted by Crippen LogP contribution is 2.13. The molecule has 0 saturated carbocycles. The number of ether oxygens (including phenoxy) is 1. The standard InChI is InChI=1S/C10H21NO2/c1-9(8-12)6-11-7-10-2-4-13-5-3-10/h9-12H,2-8H2,1H3. The first-order valence-electron chi connectivity index (χ1n) is 5.22. The van der Waals surface area contributed by atoms with E-state index in [-0.39, 0.29) is 6.61 Å². The Labute approximate surface area is 80.5 Å². The molecule has 1 atom stereocenters. The van der Waals surface area contributed by atoms with Gasteiger partial charge in [0.1, 0.15) is 0 Å². The highest BCUT2D eigenvalue weighted by molar-refractivity contribution is 4.66. The first kappa shape index (κ1) is 11.0. The van der Waals surface area contributed by atoms with Crippen molar-refractivity contribution in [1.29, 1.82) is 0 Å². The van der Waals surface area contributed by atoms with Gasteiger partial charge in [-0.2, -0.15) is 0 Å². The number of rotatable bonds is 5. The average Bonchev–Trinajstić information content (AvgIpc) is 2.19. The van der Waals surface area contributed by atoms with Gasteiger partial charge in [-0.15, -0.1) is 0 Å². The molecule has 0 spiro atoms. The minimum absolute atomic E-state index is 0.279. The Morgan fingerprint density at radius 3 is 2.77 bits per heavy atom. The Morgan fingerprint density at radius 1 is 1.46 bits per heavy atom. The van der Waals surface area contributed by atoms with Crippen LogP contribution in [0.2, 0.25) is 0 Å². The van der Waals surface area contributed by atoms with Crippen LogP contribution in [0.3, 0.4) is 0 Å². The van der Waals surface area contributed by atoms with E-state index < -0.39 is 0 Å². The van der Waals surface area contributed by atoms with E-state index in [0.29, 0.717) is 5.92 Å². The maximum Gasteiger partial charge on any atom is 0.0469 e. The van der Waals surface area contributed by atoms with E-state index in [1.54, 1.807) is 0 Å². The fourth-order valence-electron chi connectivity index (χ4n) is 1.55. The van der Waals surface area contributed by atoms with Gasteiger partial charge in [-0.1, -0.05) is 6.92 Å². The van der Waals surface area contributed by atoms with Crippen LogP contribution in [-0.4, -0.2) is 38.0 Å². The molecule has 0 aromatic heterocycles. The molecule has 1 aliphatic heterocycles. The van der Waals surface area contributed by atoms with Gasteiger partial charge in [0.05, 0.1) is 0 Å². The summed E-state index contributed by atoms with van der Waals surface area (Å²) in [5.41, 5.74) is 0. The Kier molecular flexibility index (Phi) is 5.35. The molecule has 0 aliphatic carbocycles. The molecule has 1 unspecified atom stereocenters. The lowest BCUT2D eigenvalue weighted by molar-refractivity contribution is 0.0658. The molecule has 1 aliphatic rings. The molecule has 0 bridgehead atoms. The Bertz CT molecular complexity index is 124. The quantitative estimate of drug-likeness (QED) is 0.663. The van der Waals surface area contributed by atoms with Crippen LogP contribution in [0.5, 0.6) is 0 Å². The van der Waals surface area contributed by atoms with Crippen LogP contribution in [0.4, 0.5) is 0 Å². The molecule has 0 amide bonds. The van der Waals surface area contributed by atoms with Gasteiger partial charge in [-0.3, -0.25) is 0 Å². The Hall–Kier alpha value is -0.120. The summed E-state index contributed by atoms with van der Waals surface area (Å²) in [4.78, 5) is 0. The molecular weight excluding hydrogens is 166 g/mol. The number of aliphatic hydroxyl groups excluding tert-OH is 1. The van der Waals surface area contributed by atoms with Crippen molar-refractivity contribution in [2.75, 3.05) is 32.9 Å². The van der Waals surface area contributed by atoms with Crippen LogP contribution < -0.4 is 5.32 Å².